The lowest BCUT2D eigenvalue weighted by Crippen LogP contribution is -2.64. The lowest BCUT2D eigenvalue weighted by Gasteiger charge is -2.43. The molecule has 0 aromatic carbocycles. The van der Waals surface area contributed by atoms with E-state index in [2.05, 4.69) is 0 Å². The lowest BCUT2D eigenvalue weighted by atomic mass is 9.88. The topological polar surface area (TPSA) is 208 Å². The van der Waals surface area contributed by atoms with Crippen molar-refractivity contribution in [2.75, 3.05) is 6.61 Å². The molecule has 0 saturated carbocycles. The molecule has 0 bridgehead atoms. The Bertz CT molecular complexity index is 378. The lowest BCUT2D eigenvalue weighted by molar-refractivity contribution is -0.264. The highest BCUT2D eigenvalue weighted by molar-refractivity contribution is 5.56. The summed E-state index contributed by atoms with van der Waals surface area (Å²) in [5.74, 6) is 0. The molecule has 0 aromatic rings. The Kier molecular flexibility index (Phi) is 7.41. The molecule has 136 valence electrons. The van der Waals surface area contributed by atoms with E-state index in [0.29, 0.717) is 0 Å². The van der Waals surface area contributed by atoms with Crippen LogP contribution in [0.5, 0.6) is 0 Å². The van der Waals surface area contributed by atoms with Crippen LogP contribution in [0.25, 0.3) is 0 Å². The average molecular weight is 342 g/mol. The molecule has 11 nitrogen and oxygen atoms in total. The fourth-order valence-corrected chi connectivity index (χ4v) is 2.29. The molecule has 0 aliphatic carbocycles. The van der Waals surface area contributed by atoms with Gasteiger partial charge >= 0.3 is 0 Å². The van der Waals surface area contributed by atoms with Crippen LogP contribution >= 0.6 is 0 Å². The Morgan fingerprint density at radius 2 is 1.43 bits per heavy atom. The zero-order chi connectivity index (χ0) is 17.9. The molecular formula is C12H22O11. The van der Waals surface area contributed by atoms with Crippen molar-refractivity contribution in [1.29, 1.82) is 0 Å². The number of aliphatic hydroxyl groups is 9. The molecule has 1 rings (SSSR count). The largest absolute Gasteiger partial charge is 0.394 e. The summed E-state index contributed by atoms with van der Waals surface area (Å²) in [6.45, 7) is -0.765. The Hall–Kier alpha value is -0.730. The molecule has 1 aliphatic heterocycles. The van der Waals surface area contributed by atoms with Gasteiger partial charge in [0.15, 0.2) is 6.29 Å². The summed E-state index contributed by atoms with van der Waals surface area (Å²) in [4.78, 5) is 10.3. The number of aldehydes is 1. The van der Waals surface area contributed by atoms with Crippen LogP contribution in [0.1, 0.15) is 0 Å². The molecule has 10 atom stereocenters. The minimum atomic E-state index is -2.18. The van der Waals surface area contributed by atoms with Gasteiger partial charge in [-0.2, -0.15) is 0 Å². The molecule has 1 aliphatic rings. The van der Waals surface area contributed by atoms with Crippen LogP contribution in [0, 0.1) is 0 Å². The Morgan fingerprint density at radius 3 is 1.91 bits per heavy atom. The Balaban J connectivity index is 2.85. The normalized spacial score (nSPS) is 38.4. The van der Waals surface area contributed by atoms with Crippen molar-refractivity contribution in [2.24, 2.45) is 0 Å². The van der Waals surface area contributed by atoms with Crippen LogP contribution in [-0.4, -0.2) is 120 Å². The third-order valence-electron chi connectivity index (χ3n) is 3.80. The molecule has 0 aromatic heterocycles. The van der Waals surface area contributed by atoms with Gasteiger partial charge in [0.05, 0.1) is 6.61 Å². The zero-order valence-corrected chi connectivity index (χ0v) is 11.9. The molecular weight excluding hydrogens is 320 g/mol. The first kappa shape index (κ1) is 20.3. The molecule has 1 fully saturated rings. The molecule has 1 unspecified atom stereocenters. The van der Waals surface area contributed by atoms with Crippen molar-refractivity contribution < 1.29 is 55.5 Å². The monoisotopic (exact) mass is 342 g/mol. The van der Waals surface area contributed by atoms with E-state index in [0.717, 1.165) is 0 Å². The summed E-state index contributed by atoms with van der Waals surface area (Å²) in [5, 5.41) is 85.9. The first-order valence-corrected chi connectivity index (χ1v) is 6.83. The van der Waals surface area contributed by atoms with Gasteiger partial charge < -0.3 is 55.5 Å². The van der Waals surface area contributed by atoms with E-state index in [9.17, 15) is 40.5 Å². The molecule has 23 heavy (non-hydrogen) atoms. The molecule has 9 N–H and O–H groups in total. The van der Waals surface area contributed by atoms with E-state index in [4.69, 9.17) is 14.9 Å². The smallest absolute Gasteiger partial charge is 0.151 e. The first-order valence-electron chi connectivity index (χ1n) is 6.83. The van der Waals surface area contributed by atoms with Crippen molar-refractivity contribution in [1.82, 2.24) is 0 Å². The summed E-state index contributed by atoms with van der Waals surface area (Å²) >= 11 is 0. The van der Waals surface area contributed by atoms with E-state index in [-0.39, 0.29) is 6.29 Å². The van der Waals surface area contributed by atoms with E-state index in [1.807, 2.05) is 0 Å². The zero-order valence-electron chi connectivity index (χ0n) is 11.9. The van der Waals surface area contributed by atoms with Crippen molar-refractivity contribution in [3.8, 4) is 0 Å². The van der Waals surface area contributed by atoms with Gasteiger partial charge in [-0.3, -0.25) is 0 Å². The summed E-state index contributed by atoms with van der Waals surface area (Å²) in [5.41, 5.74) is 0. The minimum absolute atomic E-state index is 0.0964. The number of hydrogen-bond donors (Lipinski definition) is 9. The number of aliphatic hydroxyl groups excluding tert-OH is 9. The quantitative estimate of drug-likeness (QED) is 0.199. The maximum atomic E-state index is 10.3. The van der Waals surface area contributed by atoms with Crippen LogP contribution < -0.4 is 0 Å². The second-order valence-corrected chi connectivity index (χ2v) is 5.38. The summed E-state index contributed by atoms with van der Waals surface area (Å²) in [6.07, 6.45) is -19.1. The van der Waals surface area contributed by atoms with Gasteiger partial charge in [0, 0.05) is 0 Å². The fraction of sp³-hybridized carbons (Fsp3) is 0.917. The van der Waals surface area contributed by atoms with E-state index < -0.39 is 67.6 Å². The van der Waals surface area contributed by atoms with Crippen LogP contribution in [0.4, 0.5) is 0 Å². The van der Waals surface area contributed by atoms with Crippen molar-refractivity contribution >= 4 is 6.29 Å². The van der Waals surface area contributed by atoms with Gasteiger partial charge in [0.2, 0.25) is 0 Å². The molecule has 11 heteroatoms. The van der Waals surface area contributed by atoms with Crippen LogP contribution in [0.15, 0.2) is 0 Å². The van der Waals surface area contributed by atoms with E-state index >= 15 is 0 Å². The highest BCUT2D eigenvalue weighted by atomic mass is 16.6. The highest BCUT2D eigenvalue weighted by Gasteiger charge is 2.49. The number of hydrogen-bond acceptors (Lipinski definition) is 11. The van der Waals surface area contributed by atoms with E-state index in [1.54, 1.807) is 0 Å². The summed E-state index contributed by atoms with van der Waals surface area (Å²) in [7, 11) is 0. The van der Waals surface area contributed by atoms with Crippen molar-refractivity contribution in [3.63, 3.8) is 0 Å². The number of carbonyl (C=O) groups excluding carboxylic acids is 1. The average Bonchev–Trinajstić information content (AvgIpc) is 2.56. The van der Waals surface area contributed by atoms with Gasteiger partial charge in [-0.1, -0.05) is 0 Å². The number of rotatable bonds is 7. The maximum Gasteiger partial charge on any atom is 0.151 e. The fourth-order valence-electron chi connectivity index (χ4n) is 2.29. The standard InChI is InChI=1S/C12H22O11/c13-1-3(15)5(16)7(18)9(20)11(22)12-10(21)8(19)6(17)4(2-14)23-12/h1,3-12,14-22H,2H2/t3-,4+,5+,6+,7-,8-,9-,10+,11?,12-/m0/s1. The third kappa shape index (κ3) is 4.22. The Morgan fingerprint density at radius 1 is 0.870 bits per heavy atom. The number of ether oxygens (including phenoxy) is 1. The third-order valence-corrected chi connectivity index (χ3v) is 3.80. The van der Waals surface area contributed by atoms with Crippen molar-refractivity contribution in [2.45, 2.75) is 61.0 Å². The van der Waals surface area contributed by atoms with Gasteiger partial charge in [-0.25, -0.2) is 0 Å². The molecule has 0 radical (unpaired) electrons. The van der Waals surface area contributed by atoms with Crippen molar-refractivity contribution in [3.05, 3.63) is 0 Å². The minimum Gasteiger partial charge on any atom is -0.394 e. The maximum absolute atomic E-state index is 10.3. The van der Waals surface area contributed by atoms with Crippen LogP contribution in [0.3, 0.4) is 0 Å². The SMILES string of the molecule is O=C[C@H](O)[C@@H](O)[C@H](O)[C@H](O)C(O)[C@H]1O[C@H](CO)[C@@H](O)[C@H](O)[C@H]1O. The van der Waals surface area contributed by atoms with Crippen LogP contribution in [-0.2, 0) is 9.53 Å². The summed E-state index contributed by atoms with van der Waals surface area (Å²) in [6, 6.07) is 0. The second-order valence-electron chi connectivity index (χ2n) is 5.38. The molecule has 0 spiro atoms. The molecule has 0 amide bonds. The van der Waals surface area contributed by atoms with Gasteiger partial charge in [0.25, 0.3) is 0 Å². The van der Waals surface area contributed by atoms with Gasteiger partial charge in [0.1, 0.15) is 61.0 Å². The first-order chi connectivity index (χ1) is 10.7. The second kappa shape index (κ2) is 8.39. The highest BCUT2D eigenvalue weighted by Crippen LogP contribution is 2.25. The van der Waals surface area contributed by atoms with E-state index in [1.165, 1.54) is 0 Å². The van der Waals surface area contributed by atoms with Gasteiger partial charge in [-0.15, -0.1) is 0 Å². The predicted octanol–water partition coefficient (Wildman–Crippen LogP) is -6.17. The molecule has 1 heterocycles. The number of carbonyl (C=O) groups is 1. The Labute approximate surface area is 130 Å². The predicted molar refractivity (Wildman–Crippen MR) is 69.9 cm³/mol. The molecule has 1 saturated heterocycles. The summed E-state index contributed by atoms with van der Waals surface area (Å²) < 4.78 is 4.99. The van der Waals surface area contributed by atoms with Crippen LogP contribution in [0.2, 0.25) is 0 Å². The van der Waals surface area contributed by atoms with Gasteiger partial charge in [-0.05, 0) is 0 Å².